The van der Waals surface area contributed by atoms with Crippen LogP contribution in [-0.2, 0) is 13.5 Å². The van der Waals surface area contributed by atoms with Gasteiger partial charge in [0.25, 0.3) is 5.69 Å². The molecule has 0 heterocycles. The van der Waals surface area contributed by atoms with E-state index in [1.807, 2.05) is 0 Å². The molecule has 21 heavy (non-hydrogen) atoms. The maximum Gasteiger partial charge on any atom is 1.00 e. The van der Waals surface area contributed by atoms with Crippen molar-refractivity contribution in [2.75, 3.05) is 0 Å². The second kappa shape index (κ2) is 6.53. The van der Waals surface area contributed by atoms with E-state index in [9.17, 15) is 19.7 Å². The molecule has 0 radical (unpaired) electrons. The molecule has 0 saturated heterocycles. The molecule has 0 saturated carbocycles. The summed E-state index contributed by atoms with van der Waals surface area (Å²) in [5.74, 6) is -0.827. The fourth-order valence-corrected chi connectivity index (χ4v) is 2.28. The van der Waals surface area contributed by atoms with Crippen LogP contribution in [0.3, 0.4) is 0 Å². The van der Waals surface area contributed by atoms with Gasteiger partial charge in [0, 0.05) is 22.8 Å². The van der Waals surface area contributed by atoms with Crippen LogP contribution in [-0.4, -0.2) is 16.5 Å². The Morgan fingerprint density at radius 1 is 0.810 bits per heavy atom. The summed E-state index contributed by atoms with van der Waals surface area (Å²) >= 11 is 0. The molecule has 0 aliphatic heterocycles. The van der Waals surface area contributed by atoms with Crippen molar-refractivity contribution in [3.05, 3.63) is 74.8 Å². The Morgan fingerprint density at radius 3 is 1.90 bits per heavy atom. The van der Waals surface area contributed by atoms with Crippen molar-refractivity contribution in [3.8, 4) is 0 Å². The van der Waals surface area contributed by atoms with Gasteiger partial charge >= 0.3 is 29.6 Å². The summed E-state index contributed by atoms with van der Waals surface area (Å²) in [4.78, 5) is 34.9. The van der Waals surface area contributed by atoms with Gasteiger partial charge in [0.15, 0.2) is 5.78 Å². The molecule has 1 aliphatic rings. The maximum atomic E-state index is 12.3. The number of carbonyl (C=O) groups excluding carboxylic acids is 2. The van der Waals surface area contributed by atoms with Crippen molar-refractivity contribution in [3.63, 3.8) is 0 Å². The maximum absolute atomic E-state index is 12.3. The van der Waals surface area contributed by atoms with Gasteiger partial charge in [-0.15, -0.1) is 0 Å². The number of nitro groups is 1. The average molecular weight is 309 g/mol. The van der Waals surface area contributed by atoms with Crippen molar-refractivity contribution in [2.45, 2.75) is 0 Å². The van der Waals surface area contributed by atoms with Gasteiger partial charge in [-0.05, 0) is 6.07 Å². The van der Waals surface area contributed by atoms with E-state index in [1.54, 1.807) is 18.2 Å². The number of thiol groups is 1. The van der Waals surface area contributed by atoms with Gasteiger partial charge in [-0.1, -0.05) is 30.3 Å². The summed E-state index contributed by atoms with van der Waals surface area (Å²) in [5.41, 5.74) is 0.161. The molecule has 5 nitrogen and oxygen atoms in total. The van der Waals surface area contributed by atoms with E-state index in [-0.39, 0.29) is 71.2 Å². The molecule has 0 unspecified atom stereocenters. The number of hydrogen-bond acceptors (Lipinski definition) is 5. The number of benzene rings is 2. The number of nitrogens with zero attached hydrogens (tertiary/aromatic N) is 1. The van der Waals surface area contributed by atoms with Gasteiger partial charge in [-0.3, -0.25) is 19.7 Å². The van der Waals surface area contributed by atoms with Crippen LogP contribution in [0, 0.1) is 10.1 Å². The normalized spacial score (nSPS) is 11.6. The van der Waals surface area contributed by atoms with Crippen molar-refractivity contribution in [1.82, 2.24) is 0 Å². The Labute approximate surface area is 149 Å². The van der Waals surface area contributed by atoms with Crippen molar-refractivity contribution >= 4 is 30.7 Å². The summed E-state index contributed by atoms with van der Waals surface area (Å²) in [6.07, 6.45) is 0. The van der Waals surface area contributed by atoms with E-state index in [0.717, 1.165) is 0 Å². The number of carbonyl (C=O) groups is 2. The van der Waals surface area contributed by atoms with Gasteiger partial charge in [-0.25, -0.2) is 0 Å². The smallest absolute Gasteiger partial charge is 0.813 e. The predicted molar refractivity (Wildman–Crippen MR) is 75.2 cm³/mol. The first-order valence-electron chi connectivity index (χ1n) is 5.57. The largest absolute Gasteiger partial charge is 1.00 e. The van der Waals surface area contributed by atoms with Crippen LogP contribution in [0.5, 0.6) is 0 Å². The van der Waals surface area contributed by atoms with Gasteiger partial charge in [-0.2, -0.15) is 0 Å². The van der Waals surface area contributed by atoms with Crippen LogP contribution in [0.4, 0.5) is 5.69 Å². The Kier molecular flexibility index (Phi) is 5.47. The molecule has 0 bridgehead atoms. The first-order valence-corrected chi connectivity index (χ1v) is 5.57. The molecule has 3 rings (SSSR count). The third-order valence-electron chi connectivity index (χ3n) is 3.13. The molecule has 0 aromatic heterocycles. The van der Waals surface area contributed by atoms with Gasteiger partial charge < -0.3 is 13.5 Å². The molecule has 2 aromatic carbocycles. The summed E-state index contributed by atoms with van der Waals surface area (Å²) in [5, 5.41) is 11.0. The summed E-state index contributed by atoms with van der Waals surface area (Å²) in [6.45, 7) is 0. The standard InChI is InChI=1S/C14H7NO4.Na.H2S/c16-13-8-4-1-2-5-9(8)14(17)12-10(13)6-3-7-11(12)15(18)19;;/h1-7H;;1H2/q;+1;/p-1. The number of hydrogen-bond donors (Lipinski definition) is 0. The zero-order valence-corrected chi connectivity index (χ0v) is 14.0. The molecule has 7 heteroatoms. The third-order valence-corrected chi connectivity index (χ3v) is 3.13. The van der Waals surface area contributed by atoms with Crippen LogP contribution in [0.1, 0.15) is 31.8 Å². The molecule has 100 valence electrons. The second-order valence-corrected chi connectivity index (χ2v) is 4.16. The SMILES string of the molecule is O=C1c2ccccc2C(=O)c2c1cccc2[N+](=O)[O-].[Na+].[SH-]. The van der Waals surface area contributed by atoms with E-state index in [0.29, 0.717) is 5.56 Å². The summed E-state index contributed by atoms with van der Waals surface area (Å²) in [7, 11) is 0. The molecule has 0 amide bonds. The Morgan fingerprint density at radius 2 is 1.33 bits per heavy atom. The van der Waals surface area contributed by atoms with Crippen molar-refractivity contribution in [2.24, 2.45) is 0 Å². The summed E-state index contributed by atoms with van der Waals surface area (Å²) in [6, 6.07) is 10.4. The van der Waals surface area contributed by atoms with Gasteiger partial charge in [0.2, 0.25) is 5.78 Å². The van der Waals surface area contributed by atoms with E-state index in [2.05, 4.69) is 0 Å². The third kappa shape index (κ3) is 2.67. The zero-order valence-electron chi connectivity index (χ0n) is 11.1. The summed E-state index contributed by atoms with van der Waals surface area (Å²) < 4.78 is 0. The van der Waals surface area contributed by atoms with Crippen LogP contribution in [0.2, 0.25) is 0 Å². The molecule has 0 atom stereocenters. The number of fused-ring (bicyclic) bond motifs is 2. The Bertz CT molecular complexity index is 760. The minimum atomic E-state index is -0.641. The topological polar surface area (TPSA) is 77.3 Å². The van der Waals surface area contributed by atoms with Crippen LogP contribution < -0.4 is 29.6 Å². The minimum Gasteiger partial charge on any atom is -0.813 e. The zero-order chi connectivity index (χ0) is 13.6. The van der Waals surface area contributed by atoms with Crippen LogP contribution >= 0.6 is 0 Å². The second-order valence-electron chi connectivity index (χ2n) is 4.16. The number of ketones is 2. The van der Waals surface area contributed by atoms with E-state index < -0.39 is 10.7 Å². The Hall–Kier alpha value is -1.47. The molecular formula is C14H8NNaO4S. The fraction of sp³-hybridized carbons (Fsp3) is 0. The quantitative estimate of drug-likeness (QED) is 0.191. The fourth-order valence-electron chi connectivity index (χ4n) is 2.28. The first kappa shape index (κ1) is 17.6. The van der Waals surface area contributed by atoms with E-state index >= 15 is 0 Å². The first-order chi connectivity index (χ1) is 9.11. The van der Waals surface area contributed by atoms with Crippen molar-refractivity contribution < 1.29 is 44.1 Å². The number of nitro benzene ring substituents is 1. The molecule has 1 aliphatic carbocycles. The van der Waals surface area contributed by atoms with Crippen LogP contribution in [0.25, 0.3) is 0 Å². The van der Waals surface area contributed by atoms with Gasteiger partial charge in [0.05, 0.1) is 4.92 Å². The monoisotopic (exact) mass is 309 g/mol. The van der Waals surface area contributed by atoms with E-state index in [4.69, 9.17) is 0 Å². The molecule has 2 aromatic rings. The predicted octanol–water partition coefficient (Wildman–Crippen LogP) is -0.896. The minimum absolute atomic E-state index is 0. The van der Waals surface area contributed by atoms with Crippen molar-refractivity contribution in [1.29, 1.82) is 0 Å². The van der Waals surface area contributed by atoms with Gasteiger partial charge in [0.1, 0.15) is 5.56 Å². The van der Waals surface area contributed by atoms with Crippen LogP contribution in [0.15, 0.2) is 42.5 Å². The molecule has 0 fully saturated rings. The average Bonchev–Trinajstić information content (AvgIpc) is 2.44. The number of rotatable bonds is 1. The molecule has 0 spiro atoms. The van der Waals surface area contributed by atoms with E-state index in [1.165, 1.54) is 24.3 Å². The Balaban J connectivity index is 0.00000110. The molecule has 0 N–H and O–H groups in total. The molecular weight excluding hydrogens is 301 g/mol.